The van der Waals surface area contributed by atoms with Gasteiger partial charge in [-0.1, -0.05) is 12.1 Å². The van der Waals surface area contributed by atoms with Gasteiger partial charge in [-0.15, -0.1) is 0 Å². The molecule has 0 unspecified atom stereocenters. The topological polar surface area (TPSA) is 88.5 Å². The van der Waals surface area contributed by atoms with Crippen LogP contribution in [0, 0.1) is 16.0 Å². The summed E-state index contributed by atoms with van der Waals surface area (Å²) in [6, 6.07) is 6.87. The lowest BCUT2D eigenvalue weighted by atomic mass is 10.1. The lowest BCUT2D eigenvalue weighted by Crippen LogP contribution is -2.37. The summed E-state index contributed by atoms with van der Waals surface area (Å²) in [5, 5.41) is 11.8. The number of nitro groups is 1. The zero-order valence-electron chi connectivity index (χ0n) is 13.2. The molecule has 2 heterocycles. The summed E-state index contributed by atoms with van der Waals surface area (Å²) in [7, 11) is 0. The maximum atomic E-state index is 12.9. The fraction of sp³-hybridized carbons (Fsp3) is 0.471. The highest BCUT2D eigenvalue weighted by atomic mass is 16.6. The summed E-state index contributed by atoms with van der Waals surface area (Å²) >= 11 is 0. The quantitative estimate of drug-likeness (QED) is 0.675. The Labute approximate surface area is 138 Å². The van der Waals surface area contributed by atoms with Crippen molar-refractivity contribution in [3.8, 4) is 0 Å². The van der Waals surface area contributed by atoms with E-state index in [2.05, 4.69) is 4.98 Å². The highest BCUT2D eigenvalue weighted by Crippen LogP contribution is 2.32. The minimum Gasteiger partial charge on any atom is -0.381 e. The average molecular weight is 329 g/mol. The third-order valence-electron chi connectivity index (χ3n) is 4.79. The predicted octanol–water partition coefficient (Wildman–Crippen LogP) is 2.72. The van der Waals surface area contributed by atoms with Gasteiger partial charge in [0.15, 0.2) is 0 Å². The number of hydrogen-bond donors (Lipinski definition) is 1. The Hall–Kier alpha value is -2.41. The van der Waals surface area contributed by atoms with Gasteiger partial charge < -0.3 is 14.6 Å². The molecule has 1 atom stereocenters. The first kappa shape index (κ1) is 15.1. The van der Waals surface area contributed by atoms with Crippen LogP contribution in [0.2, 0.25) is 0 Å². The van der Waals surface area contributed by atoms with E-state index in [1.54, 1.807) is 18.2 Å². The summed E-state index contributed by atoms with van der Waals surface area (Å²) in [4.78, 5) is 28.6. The van der Waals surface area contributed by atoms with Crippen LogP contribution in [0.1, 0.15) is 29.8 Å². The molecule has 2 aromatic rings. The second-order valence-electron chi connectivity index (χ2n) is 6.60. The third kappa shape index (κ3) is 2.75. The standard InChI is InChI=1S/C17H19N3O4/c21-17(19(13-4-5-13)9-11-6-7-24-10-11)14-8-12-2-1-3-15(20(22)23)16(12)18-14/h1-3,8,11,13,18H,4-7,9-10H2/t11-/m1/s1. The molecule has 0 spiro atoms. The first-order chi connectivity index (χ1) is 11.6. The summed E-state index contributed by atoms with van der Waals surface area (Å²) in [6.07, 6.45) is 3.04. The number of H-pyrrole nitrogens is 1. The monoisotopic (exact) mass is 329 g/mol. The van der Waals surface area contributed by atoms with Crippen LogP contribution in [0.15, 0.2) is 24.3 Å². The maximum absolute atomic E-state index is 12.9. The van der Waals surface area contributed by atoms with Crippen molar-refractivity contribution >= 4 is 22.5 Å². The number of aromatic amines is 1. The molecule has 2 fully saturated rings. The van der Waals surface area contributed by atoms with Crippen molar-refractivity contribution in [2.75, 3.05) is 19.8 Å². The fourth-order valence-corrected chi connectivity index (χ4v) is 3.35. The van der Waals surface area contributed by atoms with Crippen molar-refractivity contribution < 1.29 is 14.5 Å². The van der Waals surface area contributed by atoms with Crippen molar-refractivity contribution in [2.45, 2.75) is 25.3 Å². The normalized spacial score (nSPS) is 20.4. The Morgan fingerprint density at radius 3 is 2.88 bits per heavy atom. The molecule has 1 saturated carbocycles. The number of nitrogens with zero attached hydrogens (tertiary/aromatic N) is 2. The molecule has 1 aromatic heterocycles. The Bertz CT molecular complexity index is 790. The van der Waals surface area contributed by atoms with Gasteiger partial charge in [0.25, 0.3) is 11.6 Å². The molecule has 1 saturated heterocycles. The van der Waals surface area contributed by atoms with E-state index in [0.717, 1.165) is 25.9 Å². The Morgan fingerprint density at radius 1 is 1.38 bits per heavy atom. The molecule has 1 aliphatic heterocycles. The number of aromatic nitrogens is 1. The average Bonchev–Trinajstić information content (AvgIpc) is 3.10. The number of amides is 1. The van der Waals surface area contributed by atoms with Crippen molar-refractivity contribution in [1.29, 1.82) is 0 Å². The number of non-ortho nitro benzene ring substituents is 1. The molecular formula is C17H19N3O4. The number of nitrogens with one attached hydrogen (secondary N) is 1. The van der Waals surface area contributed by atoms with Gasteiger partial charge in [-0.2, -0.15) is 0 Å². The number of nitro benzene ring substituents is 1. The van der Waals surface area contributed by atoms with Gasteiger partial charge in [0.05, 0.1) is 11.5 Å². The van der Waals surface area contributed by atoms with E-state index in [4.69, 9.17) is 4.74 Å². The van der Waals surface area contributed by atoms with E-state index in [1.165, 1.54) is 6.07 Å². The zero-order valence-corrected chi connectivity index (χ0v) is 13.2. The number of rotatable bonds is 5. The van der Waals surface area contributed by atoms with Gasteiger partial charge in [-0.25, -0.2) is 0 Å². The number of carbonyl (C=O) groups is 1. The number of benzene rings is 1. The zero-order chi connectivity index (χ0) is 16.7. The smallest absolute Gasteiger partial charge is 0.293 e. The Balaban J connectivity index is 1.63. The fourth-order valence-electron chi connectivity index (χ4n) is 3.35. The summed E-state index contributed by atoms with van der Waals surface area (Å²) in [5.74, 6) is 0.308. The molecule has 0 bridgehead atoms. The van der Waals surface area contributed by atoms with E-state index in [9.17, 15) is 14.9 Å². The molecule has 2 aliphatic rings. The molecule has 7 heteroatoms. The molecular weight excluding hydrogens is 310 g/mol. The van der Waals surface area contributed by atoms with Gasteiger partial charge >= 0.3 is 0 Å². The largest absolute Gasteiger partial charge is 0.381 e. The maximum Gasteiger partial charge on any atom is 0.293 e. The van der Waals surface area contributed by atoms with Gasteiger partial charge in [-0.05, 0) is 25.3 Å². The molecule has 7 nitrogen and oxygen atoms in total. The molecule has 1 N–H and O–H groups in total. The Kier molecular flexibility index (Phi) is 3.72. The predicted molar refractivity (Wildman–Crippen MR) is 87.9 cm³/mol. The van der Waals surface area contributed by atoms with E-state index in [0.29, 0.717) is 41.7 Å². The second-order valence-corrected chi connectivity index (χ2v) is 6.60. The van der Waals surface area contributed by atoms with Crippen LogP contribution in [0.5, 0.6) is 0 Å². The summed E-state index contributed by atoms with van der Waals surface area (Å²) in [5.41, 5.74) is 0.824. The SMILES string of the molecule is O=C(c1cc2cccc([N+](=O)[O-])c2[nH]1)N(C[C@H]1CCOC1)C1CC1. The van der Waals surface area contributed by atoms with Crippen molar-refractivity contribution in [3.63, 3.8) is 0 Å². The van der Waals surface area contributed by atoms with Gasteiger partial charge in [0.2, 0.25) is 0 Å². The van der Waals surface area contributed by atoms with Gasteiger partial charge in [-0.3, -0.25) is 14.9 Å². The van der Waals surface area contributed by atoms with Gasteiger partial charge in [0.1, 0.15) is 11.2 Å². The van der Waals surface area contributed by atoms with E-state index in [-0.39, 0.29) is 11.6 Å². The van der Waals surface area contributed by atoms with Crippen LogP contribution in [-0.2, 0) is 4.74 Å². The summed E-state index contributed by atoms with van der Waals surface area (Å²) in [6.45, 7) is 2.16. The molecule has 24 heavy (non-hydrogen) atoms. The third-order valence-corrected chi connectivity index (χ3v) is 4.79. The second kappa shape index (κ2) is 5.90. The first-order valence-electron chi connectivity index (χ1n) is 8.28. The highest BCUT2D eigenvalue weighted by molar-refractivity contribution is 6.00. The highest BCUT2D eigenvalue weighted by Gasteiger charge is 2.36. The minimum atomic E-state index is -0.429. The van der Waals surface area contributed by atoms with Crippen LogP contribution in [-0.4, -0.2) is 46.5 Å². The molecule has 1 amide bonds. The lowest BCUT2D eigenvalue weighted by Gasteiger charge is -2.24. The number of carbonyl (C=O) groups excluding carboxylic acids is 1. The molecule has 4 rings (SSSR count). The summed E-state index contributed by atoms with van der Waals surface area (Å²) < 4.78 is 5.41. The van der Waals surface area contributed by atoms with E-state index in [1.807, 2.05) is 4.90 Å². The number of fused-ring (bicyclic) bond motifs is 1. The minimum absolute atomic E-state index is 0.00582. The van der Waals surface area contributed by atoms with Crippen LogP contribution < -0.4 is 0 Å². The molecule has 1 aliphatic carbocycles. The molecule has 126 valence electrons. The van der Waals surface area contributed by atoms with E-state index < -0.39 is 4.92 Å². The van der Waals surface area contributed by atoms with Crippen LogP contribution in [0.3, 0.4) is 0 Å². The molecule has 1 aromatic carbocycles. The number of para-hydroxylation sites is 1. The van der Waals surface area contributed by atoms with Crippen LogP contribution in [0.4, 0.5) is 5.69 Å². The van der Waals surface area contributed by atoms with Crippen molar-refractivity contribution in [1.82, 2.24) is 9.88 Å². The molecule has 0 radical (unpaired) electrons. The van der Waals surface area contributed by atoms with Crippen LogP contribution >= 0.6 is 0 Å². The lowest BCUT2D eigenvalue weighted by molar-refractivity contribution is -0.383. The van der Waals surface area contributed by atoms with Gasteiger partial charge in [0, 0.05) is 36.6 Å². The van der Waals surface area contributed by atoms with Crippen molar-refractivity contribution in [2.24, 2.45) is 5.92 Å². The number of ether oxygens (including phenoxy) is 1. The first-order valence-corrected chi connectivity index (χ1v) is 8.28. The number of hydrogen-bond acceptors (Lipinski definition) is 4. The van der Waals surface area contributed by atoms with Crippen LogP contribution in [0.25, 0.3) is 10.9 Å². The van der Waals surface area contributed by atoms with Crippen molar-refractivity contribution in [3.05, 3.63) is 40.1 Å². The Morgan fingerprint density at radius 2 is 2.21 bits per heavy atom. The van der Waals surface area contributed by atoms with E-state index >= 15 is 0 Å².